The molecular formula is C36H44N4O9. The number of rotatable bonds is 10. The smallest absolute Gasteiger partial charge is 0.408 e. The summed E-state index contributed by atoms with van der Waals surface area (Å²) in [6, 6.07) is 10.1. The van der Waals surface area contributed by atoms with Gasteiger partial charge in [-0.15, -0.1) is 0 Å². The molecule has 0 fully saturated rings. The highest BCUT2D eigenvalue weighted by Crippen LogP contribution is 2.47. The molecule has 3 heterocycles. The highest BCUT2D eigenvalue weighted by Gasteiger charge is 2.44. The summed E-state index contributed by atoms with van der Waals surface area (Å²) in [6.07, 6.45) is 1.60. The molecule has 2 aliphatic rings. The summed E-state index contributed by atoms with van der Waals surface area (Å²) in [6.45, 7) is 14.5. The molecule has 1 unspecified atom stereocenters. The summed E-state index contributed by atoms with van der Waals surface area (Å²) < 4.78 is 27.0. The highest BCUT2D eigenvalue weighted by molar-refractivity contribution is 5.94. The quantitative estimate of drug-likeness (QED) is 0.141. The van der Waals surface area contributed by atoms with Gasteiger partial charge in [-0.1, -0.05) is 19.9 Å². The molecule has 0 spiro atoms. The van der Waals surface area contributed by atoms with Crippen molar-refractivity contribution in [3.05, 3.63) is 86.2 Å². The Kier molecular flexibility index (Phi) is 9.67. The molecule has 0 saturated carbocycles. The largest absolute Gasteiger partial charge is 0.490 e. The second kappa shape index (κ2) is 13.4. The van der Waals surface area contributed by atoms with Crippen LogP contribution in [0.1, 0.15) is 83.8 Å². The SMILES string of the molecule is CC(=O)c1ccc(-n2c(=O)n3n(c2=O)C2C(=CC3)C(C)(C)Oc3cc(OCCOC(=O)[C@H](CC(C)C)NC(=O)OC(C)(C)C)ccc32)cc1. The molecule has 2 atom stereocenters. The number of alkyl carbamates (subject to hydrolysis) is 1. The molecular weight excluding hydrogens is 632 g/mol. The van der Waals surface area contributed by atoms with Crippen molar-refractivity contribution < 1.29 is 33.3 Å². The number of ketones is 1. The third kappa shape index (κ3) is 7.50. The van der Waals surface area contributed by atoms with E-state index in [4.69, 9.17) is 18.9 Å². The van der Waals surface area contributed by atoms with E-state index in [-0.39, 0.29) is 31.5 Å². The monoisotopic (exact) mass is 676 g/mol. The maximum atomic E-state index is 13.9. The van der Waals surface area contributed by atoms with Gasteiger partial charge in [-0.25, -0.2) is 33.1 Å². The van der Waals surface area contributed by atoms with Gasteiger partial charge in [-0.3, -0.25) is 4.79 Å². The minimum atomic E-state index is -0.873. The molecule has 13 heteroatoms. The number of amides is 1. The summed E-state index contributed by atoms with van der Waals surface area (Å²) in [7, 11) is 0. The van der Waals surface area contributed by atoms with Crippen LogP contribution in [0.4, 0.5) is 4.79 Å². The minimum Gasteiger partial charge on any atom is -0.490 e. The van der Waals surface area contributed by atoms with E-state index in [1.54, 1.807) is 63.2 Å². The van der Waals surface area contributed by atoms with Crippen LogP contribution < -0.4 is 26.2 Å². The number of aromatic nitrogens is 3. The first-order chi connectivity index (χ1) is 23.0. The van der Waals surface area contributed by atoms with Gasteiger partial charge in [0, 0.05) is 17.2 Å². The van der Waals surface area contributed by atoms with E-state index < -0.39 is 46.7 Å². The molecule has 49 heavy (non-hydrogen) atoms. The van der Waals surface area contributed by atoms with Crippen LogP contribution >= 0.6 is 0 Å². The van der Waals surface area contributed by atoms with E-state index >= 15 is 0 Å². The topological polar surface area (TPSA) is 149 Å². The summed E-state index contributed by atoms with van der Waals surface area (Å²) in [5.41, 5.74) is -0.179. The Hall–Kier alpha value is -5.07. The fourth-order valence-corrected chi connectivity index (χ4v) is 6.07. The third-order valence-electron chi connectivity index (χ3n) is 8.23. The maximum Gasteiger partial charge on any atom is 0.408 e. The molecule has 5 rings (SSSR count). The highest BCUT2D eigenvalue weighted by atomic mass is 16.6. The molecule has 0 radical (unpaired) electrons. The van der Waals surface area contributed by atoms with Crippen molar-refractivity contribution in [3.63, 3.8) is 0 Å². The van der Waals surface area contributed by atoms with Gasteiger partial charge in [0.15, 0.2) is 5.78 Å². The number of nitrogens with one attached hydrogen (secondary N) is 1. The Balaban J connectivity index is 1.33. The molecule has 1 aromatic heterocycles. The van der Waals surface area contributed by atoms with Gasteiger partial charge in [0.05, 0.1) is 12.2 Å². The zero-order chi connectivity index (χ0) is 35.8. The van der Waals surface area contributed by atoms with Crippen molar-refractivity contribution in [1.82, 2.24) is 19.2 Å². The van der Waals surface area contributed by atoms with Crippen LogP contribution in [0.2, 0.25) is 0 Å². The van der Waals surface area contributed by atoms with Crippen LogP contribution in [0.15, 0.2) is 63.7 Å². The van der Waals surface area contributed by atoms with Crippen molar-refractivity contribution >= 4 is 17.8 Å². The minimum absolute atomic E-state index is 0.0353. The van der Waals surface area contributed by atoms with Gasteiger partial charge in [0.25, 0.3) is 0 Å². The number of fused-ring (bicyclic) bond motifs is 5. The van der Waals surface area contributed by atoms with Crippen LogP contribution in [0.5, 0.6) is 11.5 Å². The zero-order valence-electron chi connectivity index (χ0n) is 29.2. The number of allylic oxidation sites excluding steroid dienone is 1. The number of nitrogens with zero attached hydrogens (tertiary/aromatic N) is 3. The fraction of sp³-hybridized carbons (Fsp3) is 0.472. The normalized spacial score (nSPS) is 16.7. The van der Waals surface area contributed by atoms with Crippen molar-refractivity contribution in [1.29, 1.82) is 0 Å². The Morgan fingerprint density at radius 2 is 1.71 bits per heavy atom. The van der Waals surface area contributed by atoms with Crippen LogP contribution in [-0.2, 0) is 20.8 Å². The average molecular weight is 677 g/mol. The molecule has 13 nitrogen and oxygen atoms in total. The number of Topliss-reactive ketones (excluding diaryl/α,β-unsaturated/α-hetero) is 1. The van der Waals surface area contributed by atoms with Crippen molar-refractivity contribution in [2.24, 2.45) is 5.92 Å². The van der Waals surface area contributed by atoms with Gasteiger partial charge in [0.1, 0.15) is 48.0 Å². The number of hydrogen-bond acceptors (Lipinski definition) is 9. The first-order valence-electron chi connectivity index (χ1n) is 16.3. The molecule has 2 aromatic carbocycles. The maximum absolute atomic E-state index is 13.9. The van der Waals surface area contributed by atoms with Gasteiger partial charge < -0.3 is 24.3 Å². The van der Waals surface area contributed by atoms with Gasteiger partial charge in [0.2, 0.25) is 0 Å². The predicted octanol–water partition coefficient (Wildman–Crippen LogP) is 4.57. The fourth-order valence-electron chi connectivity index (χ4n) is 6.07. The Labute approximate surface area is 284 Å². The molecule has 0 bridgehead atoms. The molecule has 0 saturated heterocycles. The van der Waals surface area contributed by atoms with Crippen LogP contribution in [0.25, 0.3) is 5.69 Å². The number of hydrogen-bond donors (Lipinski definition) is 1. The number of carbonyl (C=O) groups excluding carboxylic acids is 3. The van der Waals surface area contributed by atoms with Crippen LogP contribution in [0.3, 0.4) is 0 Å². The molecule has 3 aromatic rings. The molecule has 2 aliphatic heterocycles. The summed E-state index contributed by atoms with van der Waals surface area (Å²) in [4.78, 5) is 64.4. The van der Waals surface area contributed by atoms with Crippen molar-refractivity contribution in [2.45, 2.75) is 91.6 Å². The van der Waals surface area contributed by atoms with E-state index in [0.717, 1.165) is 10.1 Å². The van der Waals surface area contributed by atoms with E-state index in [1.807, 2.05) is 33.8 Å². The summed E-state index contributed by atoms with van der Waals surface area (Å²) in [5, 5.41) is 2.60. The average Bonchev–Trinajstić information content (AvgIpc) is 3.26. The second-order valence-electron chi connectivity index (χ2n) is 14.1. The summed E-state index contributed by atoms with van der Waals surface area (Å²) in [5.74, 6) is 0.340. The lowest BCUT2D eigenvalue weighted by molar-refractivity contribution is -0.147. The van der Waals surface area contributed by atoms with Gasteiger partial charge in [-0.2, -0.15) is 0 Å². The number of benzene rings is 2. The standard InChI is InChI=1S/C36H44N4O9/c1-21(2)19-28(37-32(43)49-35(4,5)6)31(42)47-18-17-46-25-13-14-26-29(20-25)48-36(7,8)27-15-16-38-33(44)39(34(45)40(38)30(26)27)24-11-9-23(10-12-24)22(3)41/h9-15,20-21,28,30H,16-19H2,1-8H3,(H,37,43)/t28-,30?/m0/s1. The number of esters is 1. The Morgan fingerprint density at radius 3 is 2.35 bits per heavy atom. The van der Waals surface area contributed by atoms with E-state index in [2.05, 4.69) is 5.32 Å². The zero-order valence-corrected chi connectivity index (χ0v) is 29.2. The molecule has 1 amide bonds. The van der Waals surface area contributed by atoms with Gasteiger partial charge in [-0.05, 0) is 95.9 Å². The lowest BCUT2D eigenvalue weighted by Crippen LogP contribution is -2.46. The predicted molar refractivity (Wildman–Crippen MR) is 181 cm³/mol. The van der Waals surface area contributed by atoms with E-state index in [0.29, 0.717) is 34.7 Å². The molecule has 262 valence electrons. The second-order valence-corrected chi connectivity index (χ2v) is 14.1. The first kappa shape index (κ1) is 35.2. The summed E-state index contributed by atoms with van der Waals surface area (Å²) >= 11 is 0. The Morgan fingerprint density at radius 1 is 1.02 bits per heavy atom. The third-order valence-corrected chi connectivity index (χ3v) is 8.23. The lowest BCUT2D eigenvalue weighted by Gasteiger charge is -2.42. The molecule has 1 N–H and O–H groups in total. The number of ether oxygens (including phenoxy) is 4. The lowest BCUT2D eigenvalue weighted by atomic mass is 9.83. The Bertz CT molecular complexity index is 1910. The van der Waals surface area contributed by atoms with E-state index in [9.17, 15) is 24.0 Å². The van der Waals surface area contributed by atoms with Crippen molar-refractivity contribution in [2.75, 3.05) is 13.2 Å². The van der Waals surface area contributed by atoms with Gasteiger partial charge >= 0.3 is 23.4 Å². The van der Waals surface area contributed by atoms with Crippen LogP contribution in [0, 0.1) is 5.92 Å². The number of carbonyl (C=O) groups is 3. The van der Waals surface area contributed by atoms with E-state index in [1.165, 1.54) is 16.3 Å². The van der Waals surface area contributed by atoms with Crippen LogP contribution in [-0.4, -0.2) is 62.2 Å². The van der Waals surface area contributed by atoms with Crippen molar-refractivity contribution in [3.8, 4) is 17.2 Å². The molecule has 0 aliphatic carbocycles. The first-order valence-corrected chi connectivity index (χ1v) is 16.3.